The Morgan fingerprint density at radius 1 is 1.83 bits per heavy atom. The molecule has 0 saturated heterocycles. The van der Waals surface area contributed by atoms with Gasteiger partial charge in [-0.2, -0.15) is 5.10 Å². The van der Waals surface area contributed by atoms with Crippen LogP contribution in [-0.2, 0) is 6.54 Å². The van der Waals surface area contributed by atoms with Crippen LogP contribution in [0.15, 0.2) is 6.20 Å². The van der Waals surface area contributed by atoms with E-state index in [0.717, 1.165) is 0 Å². The topological polar surface area (TPSA) is 64.1 Å². The van der Waals surface area contributed by atoms with Gasteiger partial charge < -0.3 is 10.8 Å². The first-order valence-corrected chi connectivity index (χ1v) is 4.17. The predicted octanol–water partition coefficient (Wildman–Crippen LogP) is 0.549. The van der Waals surface area contributed by atoms with E-state index in [-0.39, 0.29) is 6.54 Å². The number of aliphatic hydroxyl groups excluding tert-OH is 1. The fourth-order valence-corrected chi connectivity index (χ4v) is 1.29. The maximum Gasteiger partial charge on any atom is 0.132 e. The molecule has 0 saturated carbocycles. The lowest BCUT2D eigenvalue weighted by atomic mass is 10.2. The van der Waals surface area contributed by atoms with Crippen LogP contribution in [-0.4, -0.2) is 21.4 Å². The van der Waals surface area contributed by atoms with Crippen molar-refractivity contribution < 1.29 is 5.11 Å². The van der Waals surface area contributed by atoms with Gasteiger partial charge in [-0.25, -0.2) is 0 Å². The maximum absolute atomic E-state index is 9.36. The number of aryl methyl sites for hydroxylation is 1. The molecule has 0 amide bonds. The fraction of sp³-hybridized carbons (Fsp3) is 0.571. The highest BCUT2D eigenvalue weighted by Crippen LogP contribution is 2.21. The van der Waals surface area contributed by atoms with Crippen molar-refractivity contribution in [3.63, 3.8) is 0 Å². The second-order valence-electron chi connectivity index (χ2n) is 2.46. The largest absolute Gasteiger partial charge is 0.387 e. The minimum Gasteiger partial charge on any atom is -0.387 e. The Kier molecular flexibility index (Phi) is 3.08. The van der Waals surface area contributed by atoms with Gasteiger partial charge in [-0.15, -0.1) is 0 Å². The van der Waals surface area contributed by atoms with E-state index in [1.807, 2.05) is 6.92 Å². The van der Waals surface area contributed by atoms with Crippen LogP contribution in [0.5, 0.6) is 0 Å². The molecule has 1 atom stereocenters. The molecule has 0 aliphatic carbocycles. The van der Waals surface area contributed by atoms with Crippen LogP contribution in [0.3, 0.4) is 0 Å². The number of hydrogen-bond donors (Lipinski definition) is 2. The molecule has 1 heterocycles. The smallest absolute Gasteiger partial charge is 0.132 e. The lowest BCUT2D eigenvalue weighted by Gasteiger charge is -2.05. The molecule has 1 aromatic rings. The van der Waals surface area contributed by atoms with Gasteiger partial charge in [0, 0.05) is 18.7 Å². The summed E-state index contributed by atoms with van der Waals surface area (Å²) in [4.78, 5) is 0. The van der Waals surface area contributed by atoms with Gasteiger partial charge in [0.05, 0.1) is 12.3 Å². The lowest BCUT2D eigenvalue weighted by Crippen LogP contribution is -2.11. The van der Waals surface area contributed by atoms with Crippen molar-refractivity contribution in [2.75, 3.05) is 6.54 Å². The number of aliphatic hydroxyl groups is 1. The standard InChI is InChI=1S/C7H12ClN3O/c1-2-11-7(8)5(4-10-11)6(12)3-9/h4,6,12H,2-3,9H2,1H3. The molecule has 1 aromatic heterocycles. The van der Waals surface area contributed by atoms with Gasteiger partial charge in [0.15, 0.2) is 0 Å². The van der Waals surface area contributed by atoms with Gasteiger partial charge in [0.1, 0.15) is 5.15 Å². The summed E-state index contributed by atoms with van der Waals surface area (Å²) < 4.78 is 1.61. The predicted molar refractivity (Wildman–Crippen MR) is 46.9 cm³/mol. The number of nitrogens with two attached hydrogens (primary N) is 1. The van der Waals surface area contributed by atoms with Gasteiger partial charge in [-0.1, -0.05) is 11.6 Å². The summed E-state index contributed by atoms with van der Waals surface area (Å²) in [7, 11) is 0. The molecule has 4 nitrogen and oxygen atoms in total. The van der Waals surface area contributed by atoms with E-state index in [0.29, 0.717) is 17.3 Å². The van der Waals surface area contributed by atoms with E-state index >= 15 is 0 Å². The quantitative estimate of drug-likeness (QED) is 0.730. The van der Waals surface area contributed by atoms with Gasteiger partial charge in [-0.05, 0) is 6.92 Å². The third-order valence-electron chi connectivity index (χ3n) is 1.68. The number of rotatable bonds is 3. The maximum atomic E-state index is 9.36. The molecule has 3 N–H and O–H groups in total. The highest BCUT2D eigenvalue weighted by molar-refractivity contribution is 6.30. The average molecular weight is 190 g/mol. The Bertz CT molecular complexity index is 261. The highest BCUT2D eigenvalue weighted by atomic mass is 35.5. The second-order valence-corrected chi connectivity index (χ2v) is 2.82. The molecule has 68 valence electrons. The Labute approximate surface area is 75.9 Å². The summed E-state index contributed by atoms with van der Waals surface area (Å²) >= 11 is 5.88. The summed E-state index contributed by atoms with van der Waals surface area (Å²) in [6, 6.07) is 0. The van der Waals surface area contributed by atoms with E-state index in [9.17, 15) is 5.11 Å². The van der Waals surface area contributed by atoms with Crippen molar-refractivity contribution in [2.24, 2.45) is 5.73 Å². The minimum absolute atomic E-state index is 0.162. The molecule has 5 heteroatoms. The Morgan fingerprint density at radius 3 is 2.92 bits per heavy atom. The van der Waals surface area contributed by atoms with Crippen LogP contribution < -0.4 is 5.73 Å². The number of hydrogen-bond acceptors (Lipinski definition) is 3. The molecular formula is C7H12ClN3O. The first kappa shape index (κ1) is 9.51. The van der Waals surface area contributed by atoms with Crippen molar-refractivity contribution in [3.8, 4) is 0 Å². The molecular weight excluding hydrogens is 178 g/mol. The lowest BCUT2D eigenvalue weighted by molar-refractivity contribution is 0.186. The van der Waals surface area contributed by atoms with E-state index in [1.54, 1.807) is 10.9 Å². The Hall–Kier alpha value is -0.580. The van der Waals surface area contributed by atoms with Crippen LogP contribution in [0, 0.1) is 0 Å². The molecule has 0 aliphatic heterocycles. The van der Waals surface area contributed by atoms with E-state index in [2.05, 4.69) is 5.10 Å². The van der Waals surface area contributed by atoms with Crippen LogP contribution in [0.4, 0.5) is 0 Å². The highest BCUT2D eigenvalue weighted by Gasteiger charge is 2.13. The SMILES string of the molecule is CCn1ncc(C(O)CN)c1Cl. The van der Waals surface area contributed by atoms with Crippen LogP contribution in [0.1, 0.15) is 18.6 Å². The summed E-state index contributed by atoms with van der Waals surface area (Å²) in [5.74, 6) is 0. The van der Waals surface area contributed by atoms with Gasteiger partial charge in [-0.3, -0.25) is 4.68 Å². The van der Waals surface area contributed by atoms with Crippen molar-refractivity contribution in [2.45, 2.75) is 19.6 Å². The summed E-state index contributed by atoms with van der Waals surface area (Å²) in [6.07, 6.45) is 0.835. The zero-order chi connectivity index (χ0) is 9.14. The van der Waals surface area contributed by atoms with E-state index in [4.69, 9.17) is 17.3 Å². The monoisotopic (exact) mass is 189 g/mol. The molecule has 0 bridgehead atoms. The van der Waals surface area contributed by atoms with Crippen LogP contribution in [0.2, 0.25) is 5.15 Å². The first-order chi connectivity index (χ1) is 5.70. The fourth-order valence-electron chi connectivity index (χ4n) is 0.956. The third-order valence-corrected chi connectivity index (χ3v) is 2.10. The molecule has 1 rings (SSSR count). The van der Waals surface area contributed by atoms with Gasteiger partial charge >= 0.3 is 0 Å². The molecule has 0 radical (unpaired) electrons. The zero-order valence-electron chi connectivity index (χ0n) is 6.87. The zero-order valence-corrected chi connectivity index (χ0v) is 7.62. The first-order valence-electron chi connectivity index (χ1n) is 3.80. The van der Waals surface area contributed by atoms with Crippen LogP contribution >= 0.6 is 11.6 Å². The Morgan fingerprint density at radius 2 is 2.50 bits per heavy atom. The van der Waals surface area contributed by atoms with Crippen molar-refractivity contribution in [1.82, 2.24) is 9.78 Å². The number of aromatic nitrogens is 2. The molecule has 0 aromatic carbocycles. The molecule has 0 aliphatic rings. The molecule has 1 unspecified atom stereocenters. The normalized spacial score (nSPS) is 13.3. The number of nitrogens with zero attached hydrogens (tertiary/aromatic N) is 2. The second kappa shape index (κ2) is 3.89. The molecule has 0 spiro atoms. The van der Waals surface area contributed by atoms with Crippen LogP contribution in [0.25, 0.3) is 0 Å². The van der Waals surface area contributed by atoms with Gasteiger partial charge in [0.2, 0.25) is 0 Å². The average Bonchev–Trinajstić information content (AvgIpc) is 2.45. The summed E-state index contributed by atoms with van der Waals surface area (Å²) in [5.41, 5.74) is 5.88. The van der Waals surface area contributed by atoms with Crippen molar-refractivity contribution in [3.05, 3.63) is 16.9 Å². The molecule has 0 fully saturated rings. The van der Waals surface area contributed by atoms with Crippen molar-refractivity contribution >= 4 is 11.6 Å². The van der Waals surface area contributed by atoms with Gasteiger partial charge in [0.25, 0.3) is 0 Å². The Balaban J connectivity index is 2.93. The van der Waals surface area contributed by atoms with E-state index < -0.39 is 6.10 Å². The third kappa shape index (κ3) is 1.60. The molecule has 12 heavy (non-hydrogen) atoms. The minimum atomic E-state index is -0.710. The number of halogens is 1. The summed E-state index contributed by atoms with van der Waals surface area (Å²) in [5, 5.41) is 13.8. The summed E-state index contributed by atoms with van der Waals surface area (Å²) in [6.45, 7) is 2.78. The van der Waals surface area contributed by atoms with Crippen molar-refractivity contribution in [1.29, 1.82) is 0 Å². The van der Waals surface area contributed by atoms with E-state index in [1.165, 1.54) is 0 Å².